The van der Waals surface area contributed by atoms with Gasteiger partial charge in [-0.25, -0.2) is 4.79 Å². The number of nitrogens with zero attached hydrogens (tertiary/aromatic N) is 3. The topological polar surface area (TPSA) is 48.9 Å². The summed E-state index contributed by atoms with van der Waals surface area (Å²) in [5, 5.41) is 0.545. The minimum absolute atomic E-state index is 0.283. The maximum absolute atomic E-state index is 13.0. The number of aryl methyl sites for hydroxylation is 2. The third-order valence-corrected chi connectivity index (χ3v) is 5.55. The van der Waals surface area contributed by atoms with Crippen molar-refractivity contribution in [1.29, 1.82) is 0 Å². The van der Waals surface area contributed by atoms with E-state index in [0.717, 1.165) is 26.1 Å². The SMILES string of the molecule is Cc1cccc(-c2c3c(=O)n(C)c(=O)n(C)c3cn2-c2ccc(I)cc2)c1. The van der Waals surface area contributed by atoms with Crippen LogP contribution in [0.3, 0.4) is 0 Å². The largest absolute Gasteiger partial charge is 0.330 e. The van der Waals surface area contributed by atoms with Gasteiger partial charge in [0.1, 0.15) is 0 Å². The monoisotopic (exact) mass is 471 g/mol. The van der Waals surface area contributed by atoms with E-state index in [1.54, 1.807) is 7.05 Å². The van der Waals surface area contributed by atoms with Crippen molar-refractivity contribution in [2.24, 2.45) is 14.1 Å². The van der Waals surface area contributed by atoms with Crippen LogP contribution in [-0.4, -0.2) is 13.7 Å². The lowest BCUT2D eigenvalue weighted by Gasteiger charge is -2.11. The van der Waals surface area contributed by atoms with E-state index in [1.807, 2.05) is 60.2 Å². The molecule has 0 fully saturated rings. The second-order valence-electron chi connectivity index (χ2n) is 6.66. The molecule has 0 bridgehead atoms. The van der Waals surface area contributed by atoms with Crippen molar-refractivity contribution in [3.8, 4) is 16.9 Å². The average Bonchev–Trinajstić information content (AvgIpc) is 3.06. The van der Waals surface area contributed by atoms with Crippen molar-refractivity contribution >= 4 is 33.5 Å². The van der Waals surface area contributed by atoms with Crippen molar-refractivity contribution in [3.63, 3.8) is 0 Å². The van der Waals surface area contributed by atoms with Crippen LogP contribution in [0, 0.1) is 10.5 Å². The van der Waals surface area contributed by atoms with Crippen molar-refractivity contribution < 1.29 is 0 Å². The van der Waals surface area contributed by atoms with E-state index in [9.17, 15) is 9.59 Å². The summed E-state index contributed by atoms with van der Waals surface area (Å²) < 4.78 is 5.82. The predicted molar refractivity (Wildman–Crippen MR) is 117 cm³/mol. The maximum atomic E-state index is 13.0. The van der Waals surface area contributed by atoms with E-state index in [-0.39, 0.29) is 11.2 Å². The highest BCUT2D eigenvalue weighted by atomic mass is 127. The summed E-state index contributed by atoms with van der Waals surface area (Å²) in [6, 6.07) is 16.1. The van der Waals surface area contributed by atoms with Crippen molar-refractivity contribution in [2.45, 2.75) is 6.92 Å². The molecule has 0 aliphatic heterocycles. The van der Waals surface area contributed by atoms with Gasteiger partial charge < -0.3 is 4.57 Å². The van der Waals surface area contributed by atoms with Gasteiger partial charge in [0.15, 0.2) is 0 Å². The molecule has 5 nitrogen and oxygen atoms in total. The van der Waals surface area contributed by atoms with Crippen LogP contribution in [0.15, 0.2) is 64.3 Å². The van der Waals surface area contributed by atoms with Crippen LogP contribution in [0.2, 0.25) is 0 Å². The number of aromatic nitrogens is 3. The summed E-state index contributed by atoms with van der Waals surface area (Å²) in [4.78, 5) is 25.4. The molecule has 136 valence electrons. The van der Waals surface area contributed by atoms with Crippen molar-refractivity contribution in [2.75, 3.05) is 0 Å². The van der Waals surface area contributed by atoms with E-state index in [4.69, 9.17) is 0 Å². The minimum Gasteiger partial charge on any atom is -0.314 e. The predicted octanol–water partition coefficient (Wildman–Crippen LogP) is 3.61. The summed E-state index contributed by atoms with van der Waals surface area (Å²) >= 11 is 2.27. The van der Waals surface area contributed by atoms with Gasteiger partial charge in [-0.1, -0.05) is 23.8 Å². The van der Waals surface area contributed by atoms with Gasteiger partial charge >= 0.3 is 5.69 Å². The summed E-state index contributed by atoms with van der Waals surface area (Å²) in [7, 11) is 3.22. The Bertz CT molecular complexity index is 1290. The smallest absolute Gasteiger partial charge is 0.314 e. The summed E-state index contributed by atoms with van der Waals surface area (Å²) in [6.07, 6.45) is 1.87. The second kappa shape index (κ2) is 6.53. The second-order valence-corrected chi connectivity index (χ2v) is 7.91. The van der Waals surface area contributed by atoms with E-state index < -0.39 is 0 Å². The van der Waals surface area contributed by atoms with Crippen LogP contribution in [0.4, 0.5) is 0 Å². The Morgan fingerprint density at radius 3 is 2.30 bits per heavy atom. The zero-order chi connectivity index (χ0) is 19.3. The van der Waals surface area contributed by atoms with E-state index in [1.165, 1.54) is 16.2 Å². The maximum Gasteiger partial charge on any atom is 0.330 e. The molecular weight excluding hydrogens is 453 g/mol. The highest BCUT2D eigenvalue weighted by molar-refractivity contribution is 14.1. The first-order valence-corrected chi connectivity index (χ1v) is 9.60. The molecular formula is C21H18IN3O2. The molecule has 2 aromatic heterocycles. The Hall–Kier alpha value is -2.61. The van der Waals surface area contributed by atoms with Gasteiger partial charge in [0.05, 0.1) is 16.6 Å². The zero-order valence-electron chi connectivity index (χ0n) is 15.2. The number of fused-ring (bicyclic) bond motifs is 1. The quantitative estimate of drug-likeness (QED) is 0.420. The highest BCUT2D eigenvalue weighted by Crippen LogP contribution is 2.31. The molecule has 0 saturated carbocycles. The summed E-state index contributed by atoms with van der Waals surface area (Å²) in [5.41, 5.74) is 3.80. The number of hydrogen-bond donors (Lipinski definition) is 0. The van der Waals surface area contributed by atoms with Gasteiger partial charge in [-0.05, 0) is 65.4 Å². The molecule has 0 atom stereocenters. The Balaban J connectivity index is 2.21. The molecule has 6 heteroatoms. The van der Waals surface area contributed by atoms with Gasteiger partial charge in [0.25, 0.3) is 5.56 Å². The molecule has 0 radical (unpaired) electrons. The Labute approximate surface area is 169 Å². The fourth-order valence-electron chi connectivity index (χ4n) is 3.42. The van der Waals surface area contributed by atoms with Crippen molar-refractivity contribution in [1.82, 2.24) is 13.7 Å². The lowest BCUT2D eigenvalue weighted by atomic mass is 10.1. The first kappa shape index (κ1) is 17.8. The fraction of sp³-hybridized carbons (Fsp3) is 0.143. The van der Waals surface area contributed by atoms with Crippen molar-refractivity contribution in [3.05, 3.63) is 84.7 Å². The van der Waals surface area contributed by atoms with Gasteiger partial charge in [0, 0.05) is 29.5 Å². The molecule has 4 aromatic rings. The van der Waals surface area contributed by atoms with Gasteiger partial charge in [-0.2, -0.15) is 0 Å². The average molecular weight is 471 g/mol. The molecule has 0 N–H and O–H groups in total. The third-order valence-electron chi connectivity index (χ3n) is 4.84. The van der Waals surface area contributed by atoms with E-state index in [0.29, 0.717) is 10.9 Å². The minimum atomic E-state index is -0.331. The Kier molecular flexibility index (Phi) is 4.30. The normalized spacial score (nSPS) is 11.3. The van der Waals surface area contributed by atoms with Crippen LogP contribution < -0.4 is 11.2 Å². The lowest BCUT2D eigenvalue weighted by molar-refractivity contribution is 0.714. The molecule has 2 heterocycles. The van der Waals surface area contributed by atoms with E-state index >= 15 is 0 Å². The molecule has 0 aliphatic carbocycles. The summed E-state index contributed by atoms with van der Waals surface area (Å²) in [6.45, 7) is 2.03. The molecule has 0 amide bonds. The molecule has 0 spiro atoms. The van der Waals surface area contributed by atoms with Gasteiger partial charge in [0.2, 0.25) is 0 Å². The first-order valence-electron chi connectivity index (χ1n) is 8.52. The Morgan fingerprint density at radius 1 is 0.926 bits per heavy atom. The lowest BCUT2D eigenvalue weighted by Crippen LogP contribution is -2.36. The van der Waals surface area contributed by atoms with E-state index in [2.05, 4.69) is 28.7 Å². The number of rotatable bonds is 2. The van der Waals surface area contributed by atoms with Crippen LogP contribution >= 0.6 is 22.6 Å². The standard InChI is InChI=1S/C21H18IN3O2/c1-13-5-4-6-14(11-13)19-18-17(23(2)21(27)24(3)20(18)26)12-25(19)16-9-7-15(22)8-10-16/h4-12H,1-3H3. The molecule has 0 saturated heterocycles. The molecule has 4 rings (SSSR count). The fourth-order valence-corrected chi connectivity index (χ4v) is 3.78. The number of benzene rings is 2. The molecule has 0 unspecified atom stereocenters. The van der Waals surface area contributed by atoms with Crippen LogP contribution in [0.5, 0.6) is 0 Å². The first-order chi connectivity index (χ1) is 12.9. The van der Waals surface area contributed by atoms with Crippen LogP contribution in [-0.2, 0) is 14.1 Å². The highest BCUT2D eigenvalue weighted by Gasteiger charge is 2.20. The third kappa shape index (κ3) is 2.84. The van der Waals surface area contributed by atoms with Crippen LogP contribution in [0.1, 0.15) is 5.56 Å². The molecule has 0 aliphatic rings. The summed E-state index contributed by atoms with van der Waals surface area (Å²) in [5.74, 6) is 0. The molecule has 2 aromatic carbocycles. The van der Waals surface area contributed by atoms with Gasteiger partial charge in [-0.3, -0.25) is 13.9 Å². The van der Waals surface area contributed by atoms with Gasteiger partial charge in [-0.15, -0.1) is 0 Å². The molecule has 27 heavy (non-hydrogen) atoms. The number of halogens is 1. The Morgan fingerprint density at radius 2 is 1.63 bits per heavy atom. The zero-order valence-corrected chi connectivity index (χ0v) is 17.4. The van der Waals surface area contributed by atoms with Crippen LogP contribution in [0.25, 0.3) is 27.8 Å². The number of hydrogen-bond acceptors (Lipinski definition) is 2.